The molecule has 0 aliphatic carbocycles. The van der Waals surface area contributed by atoms with Crippen LogP contribution in [0.5, 0.6) is 5.75 Å². The minimum absolute atomic E-state index is 0.419. The number of hydrogen-bond donors (Lipinski definition) is 0. The monoisotopic (exact) mass is 253 g/mol. The highest BCUT2D eigenvalue weighted by molar-refractivity contribution is 9.10. The number of rotatable bonds is 4. The summed E-state index contributed by atoms with van der Waals surface area (Å²) >= 11 is 3.39. The molecule has 74 valence electrons. The van der Waals surface area contributed by atoms with Crippen LogP contribution in [-0.4, -0.2) is 6.61 Å². The second kappa shape index (κ2) is 5.66. The van der Waals surface area contributed by atoms with Crippen molar-refractivity contribution in [3.63, 3.8) is 0 Å². The number of hydrogen-bond acceptors (Lipinski definition) is 2. The molecule has 0 aliphatic rings. The third-order valence-electron chi connectivity index (χ3n) is 1.69. The molecule has 0 heterocycles. The lowest BCUT2D eigenvalue weighted by Crippen LogP contribution is -1.95. The van der Waals surface area contributed by atoms with Crippen LogP contribution >= 0.6 is 15.9 Å². The molecule has 0 unspecified atom stereocenters. The first-order valence-corrected chi connectivity index (χ1v) is 5.34. The van der Waals surface area contributed by atoms with E-state index in [0.717, 1.165) is 22.2 Å². The summed E-state index contributed by atoms with van der Waals surface area (Å²) in [6.45, 7) is 2.77. The van der Waals surface area contributed by atoms with Crippen molar-refractivity contribution in [2.24, 2.45) is 0 Å². The Morgan fingerprint density at radius 2 is 2.21 bits per heavy atom. The van der Waals surface area contributed by atoms with Gasteiger partial charge in [-0.15, -0.1) is 0 Å². The van der Waals surface area contributed by atoms with E-state index in [0.29, 0.717) is 13.0 Å². The van der Waals surface area contributed by atoms with Gasteiger partial charge in [0.1, 0.15) is 5.75 Å². The molecule has 0 aromatic heterocycles. The van der Waals surface area contributed by atoms with Crippen LogP contribution in [0.25, 0.3) is 0 Å². The smallest absolute Gasteiger partial charge is 0.120 e. The van der Waals surface area contributed by atoms with Crippen molar-refractivity contribution in [1.82, 2.24) is 0 Å². The molecule has 0 bridgehead atoms. The zero-order chi connectivity index (χ0) is 10.4. The second-order valence-corrected chi connectivity index (χ2v) is 3.89. The predicted octanol–water partition coefficient (Wildman–Crippen LogP) is 3.30. The summed E-state index contributed by atoms with van der Waals surface area (Å²) in [5.41, 5.74) is 0.980. The Morgan fingerprint density at radius 1 is 1.43 bits per heavy atom. The summed E-state index contributed by atoms with van der Waals surface area (Å²) in [6.07, 6.45) is 1.40. The fourth-order valence-electron chi connectivity index (χ4n) is 1.12. The maximum absolute atomic E-state index is 8.57. The Morgan fingerprint density at radius 3 is 2.86 bits per heavy atom. The maximum Gasteiger partial charge on any atom is 0.120 e. The molecule has 0 spiro atoms. The lowest BCUT2D eigenvalue weighted by Gasteiger charge is -2.06. The van der Waals surface area contributed by atoms with Gasteiger partial charge in [-0.25, -0.2) is 0 Å². The molecule has 0 fully saturated rings. The van der Waals surface area contributed by atoms with E-state index < -0.39 is 0 Å². The molecule has 0 saturated carbocycles. The van der Waals surface area contributed by atoms with Crippen LogP contribution < -0.4 is 4.74 Å². The van der Waals surface area contributed by atoms with Gasteiger partial charge in [-0.3, -0.25) is 0 Å². The van der Waals surface area contributed by atoms with Gasteiger partial charge >= 0.3 is 0 Å². The fraction of sp³-hybridized carbons (Fsp3) is 0.364. The summed E-state index contributed by atoms with van der Waals surface area (Å²) in [6, 6.07) is 7.87. The molecule has 14 heavy (non-hydrogen) atoms. The quantitative estimate of drug-likeness (QED) is 0.825. The van der Waals surface area contributed by atoms with Gasteiger partial charge in [0.15, 0.2) is 0 Å². The van der Waals surface area contributed by atoms with Crippen molar-refractivity contribution in [2.75, 3.05) is 6.61 Å². The first-order chi connectivity index (χ1) is 6.76. The normalized spacial score (nSPS) is 9.50. The topological polar surface area (TPSA) is 33.0 Å². The molecule has 0 aliphatic heterocycles. The summed E-state index contributed by atoms with van der Waals surface area (Å²) in [4.78, 5) is 0. The zero-order valence-electron chi connectivity index (χ0n) is 8.09. The molecule has 1 aromatic rings. The number of nitrogens with zero attached hydrogens (tertiary/aromatic N) is 1. The van der Waals surface area contributed by atoms with E-state index >= 15 is 0 Å². The third kappa shape index (κ3) is 3.39. The molecule has 1 rings (SSSR count). The van der Waals surface area contributed by atoms with Crippen LogP contribution in [0, 0.1) is 11.3 Å². The molecule has 0 amide bonds. The average molecular weight is 254 g/mol. The van der Waals surface area contributed by atoms with E-state index in [1.165, 1.54) is 0 Å². The highest BCUT2D eigenvalue weighted by Gasteiger charge is 1.99. The summed E-state index contributed by atoms with van der Waals surface area (Å²) in [5.74, 6) is 0.825. The van der Waals surface area contributed by atoms with Crippen molar-refractivity contribution < 1.29 is 4.74 Å². The Bertz CT molecular complexity index is 344. The first-order valence-electron chi connectivity index (χ1n) is 4.55. The van der Waals surface area contributed by atoms with Gasteiger partial charge in [0, 0.05) is 4.47 Å². The van der Waals surface area contributed by atoms with E-state index in [1.807, 2.05) is 18.2 Å². The molecular formula is C11H12BrNO. The molecule has 0 saturated heterocycles. The number of benzene rings is 1. The van der Waals surface area contributed by atoms with E-state index in [-0.39, 0.29) is 0 Å². The molecule has 0 atom stereocenters. The van der Waals surface area contributed by atoms with Crippen LogP contribution in [0.15, 0.2) is 22.7 Å². The number of nitriles is 1. The molecule has 1 aromatic carbocycles. The molecule has 0 radical (unpaired) electrons. The van der Waals surface area contributed by atoms with Crippen LogP contribution in [0.3, 0.4) is 0 Å². The van der Waals surface area contributed by atoms with Crippen molar-refractivity contribution in [3.8, 4) is 11.8 Å². The number of ether oxygens (including phenoxy) is 1. The Balaban J connectivity index is 2.79. The largest absolute Gasteiger partial charge is 0.494 e. The van der Waals surface area contributed by atoms with E-state index in [2.05, 4.69) is 28.9 Å². The lowest BCUT2D eigenvalue weighted by atomic mass is 10.1. The van der Waals surface area contributed by atoms with Gasteiger partial charge in [0.25, 0.3) is 0 Å². The SMILES string of the molecule is CCCOc1cc(Br)cc(CC#N)c1. The average Bonchev–Trinajstić information content (AvgIpc) is 2.14. The third-order valence-corrected chi connectivity index (χ3v) is 2.14. The van der Waals surface area contributed by atoms with E-state index in [1.54, 1.807) is 0 Å². The van der Waals surface area contributed by atoms with E-state index in [9.17, 15) is 0 Å². The van der Waals surface area contributed by atoms with Crippen molar-refractivity contribution in [2.45, 2.75) is 19.8 Å². The molecular weight excluding hydrogens is 242 g/mol. The summed E-state index contributed by atoms with van der Waals surface area (Å²) in [7, 11) is 0. The minimum atomic E-state index is 0.419. The fourth-order valence-corrected chi connectivity index (χ4v) is 1.64. The summed E-state index contributed by atoms with van der Waals surface area (Å²) in [5, 5.41) is 8.57. The van der Waals surface area contributed by atoms with Gasteiger partial charge in [-0.1, -0.05) is 22.9 Å². The highest BCUT2D eigenvalue weighted by Crippen LogP contribution is 2.21. The second-order valence-electron chi connectivity index (χ2n) is 2.98. The molecule has 0 N–H and O–H groups in total. The van der Waals surface area contributed by atoms with Crippen molar-refractivity contribution >= 4 is 15.9 Å². The molecule has 3 heteroatoms. The van der Waals surface area contributed by atoms with Gasteiger partial charge in [-0.2, -0.15) is 5.26 Å². The van der Waals surface area contributed by atoms with Crippen LogP contribution in [0.1, 0.15) is 18.9 Å². The van der Waals surface area contributed by atoms with Crippen molar-refractivity contribution in [1.29, 1.82) is 5.26 Å². The standard InChI is InChI=1S/C11H12BrNO/c1-2-5-14-11-7-9(3-4-13)6-10(12)8-11/h6-8H,2-3,5H2,1H3. The van der Waals surface area contributed by atoms with Gasteiger partial charge in [0.2, 0.25) is 0 Å². The van der Waals surface area contributed by atoms with Gasteiger partial charge in [0.05, 0.1) is 19.1 Å². The Hall–Kier alpha value is -1.01. The minimum Gasteiger partial charge on any atom is -0.494 e. The Kier molecular flexibility index (Phi) is 4.48. The van der Waals surface area contributed by atoms with Gasteiger partial charge < -0.3 is 4.74 Å². The van der Waals surface area contributed by atoms with E-state index in [4.69, 9.17) is 10.00 Å². The zero-order valence-corrected chi connectivity index (χ0v) is 9.67. The molecule has 2 nitrogen and oxygen atoms in total. The predicted molar refractivity (Wildman–Crippen MR) is 59.2 cm³/mol. The first kappa shape index (κ1) is 11.1. The Labute approximate surface area is 92.6 Å². The lowest BCUT2D eigenvalue weighted by molar-refractivity contribution is 0.317. The number of halogens is 1. The van der Waals surface area contributed by atoms with Crippen LogP contribution in [-0.2, 0) is 6.42 Å². The van der Waals surface area contributed by atoms with Crippen molar-refractivity contribution in [3.05, 3.63) is 28.2 Å². The van der Waals surface area contributed by atoms with Crippen LogP contribution in [0.4, 0.5) is 0 Å². The summed E-state index contributed by atoms with van der Waals surface area (Å²) < 4.78 is 6.44. The van der Waals surface area contributed by atoms with Gasteiger partial charge in [-0.05, 0) is 30.2 Å². The van der Waals surface area contributed by atoms with Crippen LogP contribution in [0.2, 0.25) is 0 Å². The maximum atomic E-state index is 8.57. The highest BCUT2D eigenvalue weighted by atomic mass is 79.9.